The van der Waals surface area contributed by atoms with Crippen LogP contribution in [0, 0.1) is 5.41 Å². The first kappa shape index (κ1) is 23.1. The SMILES string of the molecule is CC(=O)O[C@@H]1[C@H](OC(C)=O)[C@H](C)SC(OC(=N)C(Cl)(Cl)Cl)[C@H]1OC(C)=O. The zero-order valence-corrected chi connectivity index (χ0v) is 17.4. The molecule has 1 aliphatic rings. The lowest BCUT2D eigenvalue weighted by Crippen LogP contribution is -2.58. The predicted molar refractivity (Wildman–Crippen MR) is 96.6 cm³/mol. The molecule has 0 saturated carbocycles. The third kappa shape index (κ3) is 6.68. The molecule has 0 aliphatic carbocycles. The van der Waals surface area contributed by atoms with Crippen molar-refractivity contribution >= 4 is 70.4 Å². The van der Waals surface area contributed by atoms with Gasteiger partial charge in [0.05, 0.1) is 0 Å². The highest BCUT2D eigenvalue weighted by Crippen LogP contribution is 2.40. The zero-order valence-electron chi connectivity index (χ0n) is 14.3. The van der Waals surface area contributed by atoms with Gasteiger partial charge in [0.15, 0.2) is 23.7 Å². The van der Waals surface area contributed by atoms with Crippen molar-refractivity contribution in [2.45, 2.75) is 60.5 Å². The Kier molecular flexibility index (Phi) is 8.32. The molecule has 0 amide bonds. The van der Waals surface area contributed by atoms with Gasteiger partial charge in [-0.05, 0) is 6.92 Å². The number of esters is 3. The van der Waals surface area contributed by atoms with E-state index in [1.807, 2.05) is 0 Å². The van der Waals surface area contributed by atoms with Gasteiger partial charge >= 0.3 is 17.9 Å². The smallest absolute Gasteiger partial charge is 0.303 e. The fourth-order valence-electron chi connectivity index (χ4n) is 2.25. The maximum atomic E-state index is 11.5. The summed E-state index contributed by atoms with van der Waals surface area (Å²) in [4.78, 5) is 34.4. The summed E-state index contributed by atoms with van der Waals surface area (Å²) in [5, 5.41) is 7.28. The summed E-state index contributed by atoms with van der Waals surface area (Å²) >= 11 is 17.9. The summed E-state index contributed by atoms with van der Waals surface area (Å²) in [5.41, 5.74) is -1.03. The molecular weight excluding hydrogens is 433 g/mol. The molecule has 0 bridgehead atoms. The average Bonchev–Trinajstić information content (AvgIpc) is 2.44. The number of halogens is 3. The summed E-state index contributed by atoms with van der Waals surface area (Å²) in [6, 6.07) is 0. The predicted octanol–water partition coefficient (Wildman–Crippen LogP) is 2.61. The van der Waals surface area contributed by atoms with E-state index in [2.05, 4.69) is 0 Å². The maximum Gasteiger partial charge on any atom is 0.303 e. The van der Waals surface area contributed by atoms with E-state index in [-0.39, 0.29) is 0 Å². The number of carbonyl (C=O) groups is 3. The molecule has 1 heterocycles. The Bertz CT molecular complexity index is 583. The second kappa shape index (κ2) is 9.34. The largest absolute Gasteiger partial charge is 0.459 e. The molecule has 1 unspecified atom stereocenters. The third-order valence-electron chi connectivity index (χ3n) is 3.12. The molecule has 148 valence electrons. The molecule has 0 spiro atoms. The maximum absolute atomic E-state index is 11.5. The standard InChI is InChI=1S/C14H18Cl3NO7S/c1-5-9(22-6(2)19)10(23-7(3)20)11(24-8(4)21)12(26-5)25-13(18)14(15,16)17/h5,9-12,18H,1-4H3/t5-,9+,10+,11-,12?/m0/s1. The van der Waals surface area contributed by atoms with Crippen molar-refractivity contribution in [3.05, 3.63) is 0 Å². The van der Waals surface area contributed by atoms with Crippen molar-refractivity contribution in [3.8, 4) is 0 Å². The lowest BCUT2D eigenvalue weighted by atomic mass is 10.0. The van der Waals surface area contributed by atoms with Crippen LogP contribution >= 0.6 is 46.6 Å². The highest BCUT2D eigenvalue weighted by Gasteiger charge is 2.52. The highest BCUT2D eigenvalue weighted by molar-refractivity contribution is 8.00. The van der Waals surface area contributed by atoms with Gasteiger partial charge in [-0.15, -0.1) is 11.8 Å². The Morgan fingerprint density at radius 2 is 1.27 bits per heavy atom. The molecule has 5 atom stereocenters. The summed E-state index contributed by atoms with van der Waals surface area (Å²) in [6.07, 6.45) is -3.27. The zero-order chi connectivity index (χ0) is 20.2. The molecular formula is C14H18Cl3NO7S. The Labute approximate surface area is 169 Å². The fraction of sp³-hybridized carbons (Fsp3) is 0.714. The average molecular weight is 451 g/mol. The summed E-state index contributed by atoms with van der Waals surface area (Å²) in [7, 11) is 0. The number of alkyl halides is 3. The van der Waals surface area contributed by atoms with E-state index in [4.69, 9.17) is 59.2 Å². The van der Waals surface area contributed by atoms with Crippen LogP contribution in [0.1, 0.15) is 27.7 Å². The first-order valence-electron chi connectivity index (χ1n) is 7.32. The number of rotatable bonds is 4. The van der Waals surface area contributed by atoms with Crippen LogP contribution in [0.4, 0.5) is 0 Å². The third-order valence-corrected chi connectivity index (χ3v) is 4.97. The molecule has 1 aliphatic heterocycles. The Morgan fingerprint density at radius 3 is 1.69 bits per heavy atom. The van der Waals surface area contributed by atoms with Crippen molar-refractivity contribution in [3.63, 3.8) is 0 Å². The molecule has 1 saturated heterocycles. The second-order valence-corrected chi connectivity index (χ2v) is 9.14. The van der Waals surface area contributed by atoms with Crippen LogP contribution in [0.2, 0.25) is 0 Å². The van der Waals surface area contributed by atoms with E-state index in [0.29, 0.717) is 0 Å². The fourth-order valence-corrected chi connectivity index (χ4v) is 3.69. The molecule has 0 aromatic carbocycles. The lowest BCUT2D eigenvalue weighted by Gasteiger charge is -2.43. The minimum absolute atomic E-state index is 0.441. The van der Waals surface area contributed by atoms with E-state index in [9.17, 15) is 14.4 Å². The molecule has 0 radical (unpaired) electrons. The van der Waals surface area contributed by atoms with Crippen molar-refractivity contribution < 1.29 is 33.3 Å². The molecule has 26 heavy (non-hydrogen) atoms. The van der Waals surface area contributed by atoms with E-state index < -0.39 is 56.6 Å². The monoisotopic (exact) mass is 449 g/mol. The van der Waals surface area contributed by atoms with Crippen LogP contribution in [0.5, 0.6) is 0 Å². The van der Waals surface area contributed by atoms with Crippen LogP contribution < -0.4 is 0 Å². The van der Waals surface area contributed by atoms with E-state index in [0.717, 1.165) is 25.6 Å². The normalized spacial score (nSPS) is 28.7. The van der Waals surface area contributed by atoms with Crippen LogP contribution in [-0.4, -0.2) is 56.6 Å². The molecule has 0 aromatic rings. The van der Waals surface area contributed by atoms with Gasteiger partial charge in [0.1, 0.15) is 0 Å². The van der Waals surface area contributed by atoms with Crippen LogP contribution in [0.15, 0.2) is 0 Å². The number of ether oxygens (including phenoxy) is 4. The van der Waals surface area contributed by atoms with Crippen LogP contribution in [-0.2, 0) is 33.3 Å². The van der Waals surface area contributed by atoms with Gasteiger partial charge in [-0.1, -0.05) is 34.8 Å². The van der Waals surface area contributed by atoms with Gasteiger partial charge in [0.25, 0.3) is 3.79 Å². The Morgan fingerprint density at radius 1 is 0.846 bits per heavy atom. The first-order valence-corrected chi connectivity index (χ1v) is 9.40. The van der Waals surface area contributed by atoms with Crippen molar-refractivity contribution in [2.24, 2.45) is 0 Å². The molecule has 1 fully saturated rings. The van der Waals surface area contributed by atoms with Crippen LogP contribution in [0.25, 0.3) is 0 Å². The lowest BCUT2D eigenvalue weighted by molar-refractivity contribution is -0.189. The van der Waals surface area contributed by atoms with Crippen molar-refractivity contribution in [1.82, 2.24) is 0 Å². The highest BCUT2D eigenvalue weighted by atomic mass is 35.6. The quantitative estimate of drug-likeness (QED) is 0.229. The number of carbonyl (C=O) groups excluding carboxylic acids is 3. The minimum atomic E-state index is -2.13. The molecule has 8 nitrogen and oxygen atoms in total. The van der Waals surface area contributed by atoms with Gasteiger partial charge in [0.2, 0.25) is 5.90 Å². The minimum Gasteiger partial charge on any atom is -0.459 e. The van der Waals surface area contributed by atoms with Gasteiger partial charge in [0, 0.05) is 26.0 Å². The van der Waals surface area contributed by atoms with Gasteiger partial charge in [-0.2, -0.15) is 0 Å². The molecule has 1 rings (SSSR count). The molecule has 12 heteroatoms. The molecule has 1 N–H and O–H groups in total. The second-order valence-electron chi connectivity index (χ2n) is 5.38. The first-order chi connectivity index (χ1) is 11.8. The van der Waals surface area contributed by atoms with Crippen LogP contribution in [0.3, 0.4) is 0 Å². The van der Waals surface area contributed by atoms with Gasteiger partial charge in [-0.3, -0.25) is 19.8 Å². The van der Waals surface area contributed by atoms with Crippen molar-refractivity contribution in [2.75, 3.05) is 0 Å². The van der Waals surface area contributed by atoms with E-state index >= 15 is 0 Å². The summed E-state index contributed by atoms with van der Waals surface area (Å²) in [6.45, 7) is 5.19. The number of thioether (sulfide) groups is 1. The van der Waals surface area contributed by atoms with E-state index in [1.165, 1.54) is 6.92 Å². The summed E-state index contributed by atoms with van der Waals surface area (Å²) < 4.78 is 18.9. The number of hydrogen-bond donors (Lipinski definition) is 1. The Balaban J connectivity index is 3.21. The Hall–Kier alpha value is -0.900. The van der Waals surface area contributed by atoms with Gasteiger partial charge in [-0.25, -0.2) is 0 Å². The van der Waals surface area contributed by atoms with Crippen molar-refractivity contribution in [1.29, 1.82) is 5.41 Å². The topological polar surface area (TPSA) is 112 Å². The number of hydrogen-bond acceptors (Lipinski definition) is 9. The van der Waals surface area contributed by atoms with E-state index in [1.54, 1.807) is 6.92 Å². The number of nitrogens with one attached hydrogen (secondary N) is 1. The van der Waals surface area contributed by atoms with Gasteiger partial charge < -0.3 is 18.9 Å². The summed E-state index contributed by atoms with van der Waals surface area (Å²) in [5.74, 6) is -2.68. The molecule has 0 aromatic heterocycles.